The molecule has 0 aliphatic heterocycles. The number of fused-ring (bicyclic) bond motifs is 1. The maximum absolute atomic E-state index is 14.8. The second-order valence-corrected chi connectivity index (χ2v) is 9.68. The molecule has 3 aromatic carbocycles. The zero-order valence-corrected chi connectivity index (χ0v) is 21.8. The maximum Gasteiger partial charge on any atom is 0.305 e. The minimum Gasteiger partial charge on any atom is -0.481 e. The number of hydrogen-bond acceptors (Lipinski definition) is 3. The summed E-state index contributed by atoms with van der Waals surface area (Å²) in [5, 5.41) is 17.0. The van der Waals surface area contributed by atoms with Crippen LogP contribution in [0.5, 0.6) is 0 Å². The number of carboxylic acid groups (broad SMARTS) is 1. The molecule has 4 rings (SSSR count). The number of carbonyl (C=O) groups excluding carboxylic acids is 1. The van der Waals surface area contributed by atoms with Crippen molar-refractivity contribution >= 4 is 34.4 Å². The number of nitrogens with zero attached hydrogens (tertiary/aromatic N) is 2. The summed E-state index contributed by atoms with van der Waals surface area (Å²) >= 11 is 6.17. The van der Waals surface area contributed by atoms with Gasteiger partial charge >= 0.3 is 5.97 Å². The highest BCUT2D eigenvalue weighted by Crippen LogP contribution is 2.44. The Labute approximate surface area is 224 Å². The molecule has 2 N–H and O–H groups in total. The van der Waals surface area contributed by atoms with Crippen molar-refractivity contribution < 1.29 is 23.5 Å². The maximum atomic E-state index is 14.8. The van der Waals surface area contributed by atoms with Gasteiger partial charge in [-0.25, -0.2) is 8.78 Å². The highest BCUT2D eigenvalue weighted by Gasteiger charge is 2.31. The first-order valence-electron chi connectivity index (χ1n) is 12.4. The molecule has 0 aliphatic rings. The van der Waals surface area contributed by atoms with Crippen LogP contribution in [0.15, 0.2) is 60.7 Å². The molecule has 1 aromatic heterocycles. The lowest BCUT2D eigenvalue weighted by Gasteiger charge is -2.27. The third-order valence-corrected chi connectivity index (χ3v) is 6.89. The first kappa shape index (κ1) is 27.3. The van der Waals surface area contributed by atoms with E-state index in [1.54, 1.807) is 31.3 Å². The molecule has 1 heterocycles. The molecule has 1 amide bonds. The normalized spacial score (nSPS) is 12.9. The van der Waals surface area contributed by atoms with Gasteiger partial charge in [0.1, 0.15) is 11.3 Å². The lowest BCUT2D eigenvalue weighted by molar-refractivity contribution is -0.136. The zero-order chi connectivity index (χ0) is 27.4. The van der Waals surface area contributed by atoms with Crippen molar-refractivity contribution in [3.63, 3.8) is 0 Å². The summed E-state index contributed by atoms with van der Waals surface area (Å²) in [6.45, 7) is 2.10. The van der Waals surface area contributed by atoms with Crippen LogP contribution in [-0.2, 0) is 11.8 Å². The number of carboxylic acids is 1. The van der Waals surface area contributed by atoms with Gasteiger partial charge in [0, 0.05) is 41.5 Å². The molecule has 0 radical (unpaired) electrons. The van der Waals surface area contributed by atoms with Crippen molar-refractivity contribution in [1.29, 1.82) is 0 Å². The van der Waals surface area contributed by atoms with Gasteiger partial charge in [0.2, 0.25) is 0 Å². The molecule has 198 valence electrons. The molecule has 0 saturated carbocycles. The molecule has 0 aliphatic carbocycles. The Kier molecular flexibility index (Phi) is 8.42. The standard InChI is InChI=1S/C29H28ClF2N3O3/c1-3-4-22(17-5-7-19(8-6-17)29(38)33-14-13-25(36)37)26(18-9-11-20(30)12-10-18)27-23-15-21(31)16-24(32)28(23)35(2)34-27/h5-12,15-16,22,26H,3-4,13-14H2,1-2H3,(H,33,38)(H,36,37). The molecule has 9 heteroatoms. The fourth-order valence-electron chi connectivity index (χ4n) is 4.94. The Hall–Kier alpha value is -3.78. The van der Waals surface area contributed by atoms with Crippen LogP contribution in [0.25, 0.3) is 10.9 Å². The number of aliphatic carboxylic acids is 1. The fourth-order valence-corrected chi connectivity index (χ4v) is 5.07. The van der Waals surface area contributed by atoms with Crippen LogP contribution in [0.2, 0.25) is 5.02 Å². The highest BCUT2D eigenvalue weighted by atomic mass is 35.5. The molecule has 38 heavy (non-hydrogen) atoms. The number of rotatable bonds is 10. The van der Waals surface area contributed by atoms with Crippen LogP contribution in [0.4, 0.5) is 8.78 Å². The number of hydrogen-bond donors (Lipinski definition) is 2. The van der Waals surface area contributed by atoms with Crippen LogP contribution in [0, 0.1) is 11.6 Å². The molecular weight excluding hydrogens is 512 g/mol. The summed E-state index contributed by atoms with van der Waals surface area (Å²) in [5.74, 6) is -3.19. The predicted molar refractivity (Wildman–Crippen MR) is 143 cm³/mol. The number of aromatic nitrogens is 2. The largest absolute Gasteiger partial charge is 0.481 e. The highest BCUT2D eigenvalue weighted by molar-refractivity contribution is 6.30. The van der Waals surface area contributed by atoms with Crippen molar-refractivity contribution in [1.82, 2.24) is 15.1 Å². The number of halogens is 3. The summed E-state index contributed by atoms with van der Waals surface area (Å²) in [7, 11) is 1.64. The molecule has 2 atom stereocenters. The average molecular weight is 540 g/mol. The average Bonchev–Trinajstić information content (AvgIpc) is 3.20. The van der Waals surface area contributed by atoms with E-state index in [0.717, 1.165) is 30.0 Å². The molecule has 0 bridgehead atoms. The second-order valence-electron chi connectivity index (χ2n) is 9.24. The van der Waals surface area contributed by atoms with Gasteiger partial charge in [0.15, 0.2) is 5.82 Å². The molecule has 0 spiro atoms. The van der Waals surface area contributed by atoms with E-state index < -0.39 is 17.6 Å². The second kappa shape index (κ2) is 11.7. The smallest absolute Gasteiger partial charge is 0.305 e. The van der Waals surface area contributed by atoms with Crippen molar-refractivity contribution in [3.05, 3.63) is 99.7 Å². The van der Waals surface area contributed by atoms with Gasteiger partial charge in [-0.15, -0.1) is 0 Å². The summed E-state index contributed by atoms with van der Waals surface area (Å²) in [6.07, 6.45) is 1.41. The number of benzene rings is 3. The summed E-state index contributed by atoms with van der Waals surface area (Å²) in [4.78, 5) is 23.2. The molecule has 0 saturated heterocycles. The minimum absolute atomic E-state index is 0.0346. The van der Waals surface area contributed by atoms with Crippen LogP contribution in [0.3, 0.4) is 0 Å². The minimum atomic E-state index is -0.988. The summed E-state index contributed by atoms with van der Waals surface area (Å²) in [5.41, 5.74) is 3.02. The monoisotopic (exact) mass is 539 g/mol. The van der Waals surface area contributed by atoms with Crippen molar-refractivity contribution in [2.75, 3.05) is 6.54 Å². The van der Waals surface area contributed by atoms with Gasteiger partial charge < -0.3 is 10.4 Å². The van der Waals surface area contributed by atoms with Crippen LogP contribution < -0.4 is 5.32 Å². The van der Waals surface area contributed by atoms with E-state index in [2.05, 4.69) is 17.3 Å². The summed E-state index contributed by atoms with van der Waals surface area (Å²) in [6, 6.07) is 16.7. The van der Waals surface area contributed by atoms with Crippen molar-refractivity contribution in [3.8, 4) is 0 Å². The van der Waals surface area contributed by atoms with Gasteiger partial charge in [0.25, 0.3) is 5.91 Å². The van der Waals surface area contributed by atoms with Crippen molar-refractivity contribution in [2.24, 2.45) is 7.05 Å². The Morgan fingerprint density at radius 3 is 2.34 bits per heavy atom. The lowest BCUT2D eigenvalue weighted by Crippen LogP contribution is -2.26. The van der Waals surface area contributed by atoms with Gasteiger partial charge in [-0.2, -0.15) is 5.10 Å². The molecule has 6 nitrogen and oxygen atoms in total. The SMILES string of the molecule is CCCC(c1ccc(C(=O)NCCC(=O)O)cc1)C(c1ccc(Cl)cc1)c1nn(C)c2c(F)cc(F)cc12. The zero-order valence-electron chi connectivity index (χ0n) is 21.0. The van der Waals surface area contributed by atoms with E-state index in [-0.39, 0.29) is 36.2 Å². The van der Waals surface area contributed by atoms with E-state index in [1.165, 1.54) is 10.7 Å². The van der Waals surface area contributed by atoms with Crippen LogP contribution in [-0.4, -0.2) is 33.3 Å². The quantitative estimate of drug-likeness (QED) is 0.243. The third-order valence-electron chi connectivity index (χ3n) is 6.64. The number of nitrogens with one attached hydrogen (secondary N) is 1. The lowest BCUT2D eigenvalue weighted by atomic mass is 9.76. The van der Waals surface area contributed by atoms with Gasteiger partial charge in [-0.3, -0.25) is 14.3 Å². The molecular formula is C29H28ClF2N3O3. The Morgan fingerprint density at radius 2 is 1.71 bits per heavy atom. The van der Waals surface area contributed by atoms with E-state index >= 15 is 0 Å². The fraction of sp³-hybridized carbons (Fsp3) is 0.276. The Balaban J connectivity index is 1.79. The van der Waals surface area contributed by atoms with E-state index in [1.807, 2.05) is 24.3 Å². The Bertz CT molecular complexity index is 1450. The van der Waals surface area contributed by atoms with Crippen molar-refractivity contribution in [2.45, 2.75) is 38.0 Å². The first-order chi connectivity index (χ1) is 18.2. The van der Waals surface area contributed by atoms with Gasteiger partial charge in [-0.1, -0.05) is 49.2 Å². The third kappa shape index (κ3) is 5.86. The van der Waals surface area contributed by atoms with Gasteiger partial charge in [0.05, 0.1) is 12.1 Å². The molecule has 2 unspecified atom stereocenters. The Morgan fingerprint density at radius 1 is 1.05 bits per heavy atom. The van der Waals surface area contributed by atoms with E-state index in [0.29, 0.717) is 21.7 Å². The topological polar surface area (TPSA) is 84.2 Å². The predicted octanol–water partition coefficient (Wildman–Crippen LogP) is 6.43. The van der Waals surface area contributed by atoms with Crippen LogP contribution in [0.1, 0.15) is 65.2 Å². The summed E-state index contributed by atoms with van der Waals surface area (Å²) < 4.78 is 30.6. The van der Waals surface area contributed by atoms with Gasteiger partial charge in [-0.05, 0) is 53.8 Å². The number of carbonyl (C=O) groups is 2. The van der Waals surface area contributed by atoms with E-state index in [9.17, 15) is 18.4 Å². The number of amides is 1. The van der Waals surface area contributed by atoms with E-state index in [4.69, 9.17) is 16.7 Å². The van der Waals surface area contributed by atoms with Crippen LogP contribution >= 0.6 is 11.6 Å². The number of aryl methyl sites for hydroxylation is 1. The molecule has 0 fully saturated rings. The first-order valence-corrected chi connectivity index (χ1v) is 12.7. The molecule has 4 aromatic rings.